The number of methoxy groups -OCH3 is 1. The van der Waals surface area contributed by atoms with Gasteiger partial charge in [0.25, 0.3) is 0 Å². The molecule has 0 bridgehead atoms. The Bertz CT molecular complexity index is 788. The van der Waals surface area contributed by atoms with E-state index in [9.17, 15) is 0 Å². The molecule has 1 aliphatic heterocycles. The van der Waals surface area contributed by atoms with Crippen molar-refractivity contribution in [1.29, 1.82) is 0 Å². The molecule has 0 aromatic heterocycles. The van der Waals surface area contributed by atoms with Crippen molar-refractivity contribution in [1.82, 2.24) is 0 Å². The minimum absolute atomic E-state index is 0.208. The van der Waals surface area contributed by atoms with Gasteiger partial charge in [0.1, 0.15) is 6.61 Å². The van der Waals surface area contributed by atoms with Gasteiger partial charge in [-0.1, -0.05) is 5.92 Å². The van der Waals surface area contributed by atoms with Gasteiger partial charge in [-0.15, -0.1) is 6.42 Å². The number of hydrogen-bond acceptors (Lipinski definition) is 5. The maximum Gasteiger partial charge on any atom is 0.162 e. The van der Waals surface area contributed by atoms with Gasteiger partial charge in [0.15, 0.2) is 11.5 Å². The summed E-state index contributed by atoms with van der Waals surface area (Å²) in [5.41, 5.74) is 3.02. The molecule has 0 radical (unpaired) electrons. The van der Waals surface area contributed by atoms with Crippen LogP contribution in [-0.4, -0.2) is 46.2 Å². The Labute approximate surface area is 154 Å². The number of nitrogens with zero attached hydrogens (tertiary/aromatic N) is 2. The third-order valence-electron chi connectivity index (χ3n) is 4.09. The normalized spacial score (nSPS) is 14.2. The summed E-state index contributed by atoms with van der Waals surface area (Å²) in [6, 6.07) is 13.8. The van der Waals surface area contributed by atoms with E-state index in [0.29, 0.717) is 11.5 Å². The summed E-state index contributed by atoms with van der Waals surface area (Å²) in [5.74, 6) is 3.70. The van der Waals surface area contributed by atoms with Gasteiger partial charge < -0.3 is 19.1 Å². The molecule has 0 saturated carbocycles. The van der Waals surface area contributed by atoms with Crippen LogP contribution in [0.3, 0.4) is 0 Å². The number of terminal acetylenes is 1. The quantitative estimate of drug-likeness (QED) is 0.592. The average Bonchev–Trinajstić information content (AvgIpc) is 2.72. The van der Waals surface area contributed by atoms with Gasteiger partial charge >= 0.3 is 0 Å². The predicted octanol–water partition coefficient (Wildman–Crippen LogP) is 3.29. The molecule has 0 aliphatic carbocycles. The molecule has 1 fully saturated rings. The van der Waals surface area contributed by atoms with Gasteiger partial charge in [-0.25, -0.2) is 0 Å². The maximum absolute atomic E-state index is 5.45. The van der Waals surface area contributed by atoms with Crippen LogP contribution in [0.25, 0.3) is 0 Å². The number of ether oxygens (including phenoxy) is 3. The van der Waals surface area contributed by atoms with Gasteiger partial charge in [0.2, 0.25) is 0 Å². The fraction of sp³-hybridized carbons (Fsp3) is 0.286. The summed E-state index contributed by atoms with van der Waals surface area (Å²) < 4.78 is 16.2. The third-order valence-corrected chi connectivity index (χ3v) is 4.09. The number of benzene rings is 2. The molecular formula is C21H22N2O3. The molecule has 2 aromatic carbocycles. The Morgan fingerprint density at radius 1 is 1.15 bits per heavy atom. The average molecular weight is 350 g/mol. The predicted molar refractivity (Wildman–Crippen MR) is 104 cm³/mol. The van der Waals surface area contributed by atoms with Crippen LogP contribution in [0.4, 0.5) is 11.4 Å². The first-order valence-electron chi connectivity index (χ1n) is 8.51. The molecule has 3 rings (SSSR count). The van der Waals surface area contributed by atoms with Gasteiger partial charge in [0, 0.05) is 25.0 Å². The first-order valence-corrected chi connectivity index (χ1v) is 8.51. The lowest BCUT2D eigenvalue weighted by molar-refractivity contribution is 0.122. The topological polar surface area (TPSA) is 43.3 Å². The van der Waals surface area contributed by atoms with E-state index < -0.39 is 0 Å². The summed E-state index contributed by atoms with van der Waals surface area (Å²) in [5, 5.41) is 0. The third kappa shape index (κ3) is 4.56. The van der Waals surface area contributed by atoms with Crippen molar-refractivity contribution < 1.29 is 14.2 Å². The van der Waals surface area contributed by atoms with E-state index in [1.807, 2.05) is 30.3 Å². The summed E-state index contributed by atoms with van der Waals surface area (Å²) in [6.45, 7) is 3.62. The second kappa shape index (κ2) is 8.93. The highest BCUT2D eigenvalue weighted by Gasteiger charge is 2.10. The molecule has 0 N–H and O–H groups in total. The Kier molecular flexibility index (Phi) is 6.13. The van der Waals surface area contributed by atoms with E-state index in [0.717, 1.165) is 37.6 Å². The minimum Gasteiger partial charge on any atom is -0.493 e. The highest BCUT2D eigenvalue weighted by molar-refractivity contribution is 5.83. The molecular weight excluding hydrogens is 328 g/mol. The molecule has 0 atom stereocenters. The van der Waals surface area contributed by atoms with Crippen molar-refractivity contribution in [3.8, 4) is 23.8 Å². The largest absolute Gasteiger partial charge is 0.493 e. The molecule has 5 heteroatoms. The second-order valence-electron chi connectivity index (χ2n) is 5.78. The first kappa shape index (κ1) is 17.8. The molecule has 26 heavy (non-hydrogen) atoms. The monoisotopic (exact) mass is 350 g/mol. The summed E-state index contributed by atoms with van der Waals surface area (Å²) in [7, 11) is 1.60. The minimum atomic E-state index is 0.208. The highest BCUT2D eigenvalue weighted by atomic mass is 16.5. The van der Waals surface area contributed by atoms with Gasteiger partial charge in [-0.3, -0.25) is 4.99 Å². The molecule has 2 aromatic rings. The Balaban J connectivity index is 1.68. The Morgan fingerprint density at radius 3 is 2.62 bits per heavy atom. The van der Waals surface area contributed by atoms with Crippen molar-refractivity contribution in [3.63, 3.8) is 0 Å². The van der Waals surface area contributed by atoms with Crippen LogP contribution in [-0.2, 0) is 4.74 Å². The Hall–Kier alpha value is -2.97. The van der Waals surface area contributed by atoms with Crippen LogP contribution in [0.15, 0.2) is 47.5 Å². The molecule has 1 saturated heterocycles. The SMILES string of the molecule is C#CCOc1ccc(C=Nc2ccc(N3CCOCC3)cc2)cc1OC. The van der Waals surface area contributed by atoms with E-state index in [-0.39, 0.29) is 6.61 Å². The van der Waals surface area contributed by atoms with Crippen LogP contribution >= 0.6 is 0 Å². The van der Waals surface area contributed by atoms with Crippen molar-refractivity contribution in [2.45, 2.75) is 0 Å². The van der Waals surface area contributed by atoms with E-state index >= 15 is 0 Å². The van der Waals surface area contributed by atoms with Crippen LogP contribution in [0.2, 0.25) is 0 Å². The molecule has 5 nitrogen and oxygen atoms in total. The zero-order chi connectivity index (χ0) is 18.2. The van der Waals surface area contributed by atoms with Gasteiger partial charge in [-0.2, -0.15) is 0 Å². The number of aliphatic imine (C=N–C) groups is 1. The molecule has 0 spiro atoms. The van der Waals surface area contributed by atoms with Crippen molar-refractivity contribution in [2.24, 2.45) is 4.99 Å². The molecule has 134 valence electrons. The fourth-order valence-electron chi connectivity index (χ4n) is 2.72. The van der Waals surface area contributed by atoms with Crippen LogP contribution in [0, 0.1) is 12.3 Å². The van der Waals surface area contributed by atoms with E-state index in [1.54, 1.807) is 13.3 Å². The van der Waals surface area contributed by atoms with Crippen LogP contribution < -0.4 is 14.4 Å². The molecule has 0 amide bonds. The number of hydrogen-bond donors (Lipinski definition) is 0. The lowest BCUT2D eigenvalue weighted by Gasteiger charge is -2.28. The summed E-state index contributed by atoms with van der Waals surface area (Å²) in [4.78, 5) is 6.85. The lowest BCUT2D eigenvalue weighted by atomic mass is 10.2. The summed E-state index contributed by atoms with van der Waals surface area (Å²) >= 11 is 0. The van der Waals surface area contributed by atoms with Crippen LogP contribution in [0.5, 0.6) is 11.5 Å². The molecule has 1 heterocycles. The van der Waals surface area contributed by atoms with Gasteiger partial charge in [0.05, 0.1) is 26.0 Å². The van der Waals surface area contributed by atoms with Crippen molar-refractivity contribution in [2.75, 3.05) is 44.9 Å². The number of morpholine rings is 1. The number of rotatable bonds is 6. The zero-order valence-electron chi connectivity index (χ0n) is 14.9. The lowest BCUT2D eigenvalue weighted by Crippen LogP contribution is -2.36. The highest BCUT2D eigenvalue weighted by Crippen LogP contribution is 2.28. The maximum atomic E-state index is 5.45. The fourth-order valence-corrected chi connectivity index (χ4v) is 2.72. The van der Waals surface area contributed by atoms with Gasteiger partial charge in [-0.05, 0) is 48.0 Å². The first-order chi connectivity index (χ1) is 12.8. The standard InChI is InChI=1S/C21H22N2O3/c1-3-12-26-20-9-4-17(15-21(20)24-2)16-22-18-5-7-19(8-6-18)23-10-13-25-14-11-23/h1,4-9,15-16H,10-14H2,2H3. The van der Waals surface area contributed by atoms with Crippen molar-refractivity contribution in [3.05, 3.63) is 48.0 Å². The Morgan fingerprint density at radius 2 is 1.92 bits per heavy atom. The van der Waals surface area contributed by atoms with Crippen LogP contribution in [0.1, 0.15) is 5.56 Å². The zero-order valence-corrected chi connectivity index (χ0v) is 14.9. The van der Waals surface area contributed by atoms with E-state index in [2.05, 4.69) is 27.9 Å². The number of anilines is 1. The second-order valence-corrected chi connectivity index (χ2v) is 5.78. The van der Waals surface area contributed by atoms with Crippen molar-refractivity contribution >= 4 is 17.6 Å². The molecule has 1 aliphatic rings. The van der Waals surface area contributed by atoms with E-state index in [1.165, 1.54) is 5.69 Å². The summed E-state index contributed by atoms with van der Waals surface area (Å²) in [6.07, 6.45) is 7.02. The smallest absolute Gasteiger partial charge is 0.162 e. The molecule has 0 unspecified atom stereocenters. The van der Waals surface area contributed by atoms with E-state index in [4.69, 9.17) is 20.6 Å².